The summed E-state index contributed by atoms with van der Waals surface area (Å²) in [6.07, 6.45) is 0.326. The highest BCUT2D eigenvalue weighted by Gasteiger charge is 2.22. The van der Waals surface area contributed by atoms with Crippen LogP contribution >= 0.6 is 0 Å². The van der Waals surface area contributed by atoms with Gasteiger partial charge in [-0.05, 0) is 30.2 Å². The number of carbonyl (C=O) groups excluding carboxylic acids is 1. The average Bonchev–Trinajstić information content (AvgIpc) is 2.23. The first-order chi connectivity index (χ1) is 7.52. The van der Waals surface area contributed by atoms with E-state index in [2.05, 4.69) is 30.8 Å². The topological polar surface area (TPSA) is 75.1 Å². The minimum Gasteiger partial charge on any atom is -0.466 e. The molecule has 5 nitrogen and oxygen atoms in total. The highest BCUT2D eigenvalue weighted by Crippen LogP contribution is 2.24. The smallest absolute Gasteiger partial charge is 0.306 e. The second-order valence-corrected chi connectivity index (χ2v) is 4.29. The zero-order valence-electron chi connectivity index (χ0n) is 10.5. The number of esters is 1. The molecule has 0 spiro atoms. The van der Waals surface area contributed by atoms with Gasteiger partial charge in [0.2, 0.25) is 0 Å². The Kier molecular flexibility index (Phi) is 7.38. The van der Waals surface area contributed by atoms with Crippen LogP contribution < -0.4 is 0 Å². The van der Waals surface area contributed by atoms with Crippen molar-refractivity contribution in [3.8, 4) is 0 Å². The van der Waals surface area contributed by atoms with Crippen LogP contribution in [0, 0.1) is 17.8 Å². The largest absolute Gasteiger partial charge is 0.466 e. The van der Waals surface area contributed by atoms with Crippen LogP contribution in [0.1, 0.15) is 34.1 Å². The molecule has 0 N–H and O–H groups in total. The second-order valence-electron chi connectivity index (χ2n) is 4.29. The maximum atomic E-state index is 11.4. The summed E-state index contributed by atoms with van der Waals surface area (Å²) in [6.45, 7) is 8.79. The molecule has 0 aliphatic carbocycles. The van der Waals surface area contributed by atoms with Crippen LogP contribution in [-0.4, -0.2) is 19.1 Å². The van der Waals surface area contributed by atoms with Crippen molar-refractivity contribution in [2.45, 2.75) is 34.1 Å². The van der Waals surface area contributed by atoms with Gasteiger partial charge in [-0.3, -0.25) is 4.79 Å². The molecule has 0 aromatic heterocycles. The van der Waals surface area contributed by atoms with Crippen molar-refractivity contribution in [3.63, 3.8) is 0 Å². The van der Waals surface area contributed by atoms with E-state index < -0.39 is 0 Å². The van der Waals surface area contributed by atoms with Crippen LogP contribution in [0.2, 0.25) is 0 Å². The van der Waals surface area contributed by atoms with Gasteiger partial charge in [-0.25, -0.2) is 0 Å². The quantitative estimate of drug-likeness (QED) is 0.290. The van der Waals surface area contributed by atoms with Crippen LogP contribution in [0.4, 0.5) is 0 Å². The molecule has 0 aromatic rings. The van der Waals surface area contributed by atoms with Gasteiger partial charge in [-0.15, -0.1) is 0 Å². The van der Waals surface area contributed by atoms with Crippen LogP contribution in [0.25, 0.3) is 10.4 Å². The number of rotatable bonds is 7. The fraction of sp³-hybridized carbons (Fsp3) is 0.909. The molecule has 0 heterocycles. The van der Waals surface area contributed by atoms with E-state index in [4.69, 9.17) is 10.3 Å². The molecule has 92 valence electrons. The van der Waals surface area contributed by atoms with Gasteiger partial charge in [0, 0.05) is 17.9 Å². The van der Waals surface area contributed by atoms with E-state index in [-0.39, 0.29) is 11.9 Å². The monoisotopic (exact) mass is 227 g/mol. The Balaban J connectivity index is 4.41. The molecule has 0 saturated carbocycles. The molecule has 2 atom stereocenters. The van der Waals surface area contributed by atoms with E-state index in [0.29, 0.717) is 31.4 Å². The number of azide groups is 1. The second kappa shape index (κ2) is 7.99. The van der Waals surface area contributed by atoms with Crippen LogP contribution in [0.5, 0.6) is 0 Å². The Labute approximate surface area is 96.8 Å². The van der Waals surface area contributed by atoms with Crippen LogP contribution in [-0.2, 0) is 9.53 Å². The molecule has 5 heteroatoms. The van der Waals surface area contributed by atoms with Gasteiger partial charge in [-0.1, -0.05) is 25.9 Å². The predicted molar refractivity (Wildman–Crippen MR) is 62.8 cm³/mol. The zero-order valence-corrected chi connectivity index (χ0v) is 10.5. The number of hydrogen-bond acceptors (Lipinski definition) is 3. The van der Waals surface area contributed by atoms with Crippen molar-refractivity contribution in [3.05, 3.63) is 10.4 Å². The first-order valence-corrected chi connectivity index (χ1v) is 5.69. The molecule has 0 rings (SSSR count). The van der Waals surface area contributed by atoms with E-state index in [1.54, 1.807) is 6.92 Å². The summed E-state index contributed by atoms with van der Waals surface area (Å²) in [5.74, 6) is 0.631. The van der Waals surface area contributed by atoms with Gasteiger partial charge in [0.1, 0.15) is 0 Å². The number of hydrogen-bond donors (Lipinski definition) is 0. The molecule has 2 unspecified atom stereocenters. The molecule has 0 saturated heterocycles. The molecule has 0 aromatic carbocycles. The Hall–Kier alpha value is -1.22. The third-order valence-electron chi connectivity index (χ3n) is 2.91. The minimum absolute atomic E-state index is 0.0648. The summed E-state index contributed by atoms with van der Waals surface area (Å²) in [7, 11) is 0. The van der Waals surface area contributed by atoms with Gasteiger partial charge in [0.05, 0.1) is 6.61 Å². The number of nitrogens with zero attached hydrogens (tertiary/aromatic N) is 3. The molecule has 0 radical (unpaired) electrons. The van der Waals surface area contributed by atoms with E-state index in [1.165, 1.54) is 0 Å². The Morgan fingerprint density at radius 1 is 1.44 bits per heavy atom. The van der Waals surface area contributed by atoms with Crippen molar-refractivity contribution in [1.82, 2.24) is 0 Å². The molecule has 0 aliphatic rings. The summed E-state index contributed by atoms with van der Waals surface area (Å²) in [5.41, 5.74) is 8.32. The fourth-order valence-electron chi connectivity index (χ4n) is 1.54. The van der Waals surface area contributed by atoms with Crippen molar-refractivity contribution in [1.29, 1.82) is 0 Å². The Morgan fingerprint density at radius 2 is 2.06 bits per heavy atom. The third-order valence-corrected chi connectivity index (χ3v) is 2.91. The molecular weight excluding hydrogens is 206 g/mol. The summed E-state index contributed by atoms with van der Waals surface area (Å²) in [5, 5.41) is 3.56. The van der Waals surface area contributed by atoms with Gasteiger partial charge >= 0.3 is 5.97 Å². The molecule has 0 fully saturated rings. The lowest BCUT2D eigenvalue weighted by atomic mass is 9.83. The first kappa shape index (κ1) is 14.8. The summed E-state index contributed by atoms with van der Waals surface area (Å²) >= 11 is 0. The molecule has 0 aliphatic heterocycles. The first-order valence-electron chi connectivity index (χ1n) is 5.69. The Bertz CT molecular complexity index is 260. The van der Waals surface area contributed by atoms with E-state index in [9.17, 15) is 4.79 Å². The van der Waals surface area contributed by atoms with Crippen molar-refractivity contribution < 1.29 is 9.53 Å². The van der Waals surface area contributed by atoms with Crippen molar-refractivity contribution in [2.24, 2.45) is 22.9 Å². The maximum Gasteiger partial charge on any atom is 0.306 e. The summed E-state index contributed by atoms with van der Waals surface area (Å²) in [4.78, 5) is 14.1. The standard InChI is InChI=1S/C11H21N3O2/c1-5-16-11(15)6-10(7-13-14-12)9(4)8(2)3/h8-10H,5-7H2,1-4H3. The molecule has 16 heavy (non-hydrogen) atoms. The van der Waals surface area contributed by atoms with Gasteiger partial charge in [0.25, 0.3) is 0 Å². The van der Waals surface area contributed by atoms with E-state index in [1.807, 2.05) is 0 Å². The lowest BCUT2D eigenvalue weighted by molar-refractivity contribution is -0.144. The SMILES string of the molecule is CCOC(=O)CC(CN=[N+]=[N-])C(C)C(C)C. The third kappa shape index (κ3) is 5.61. The Morgan fingerprint density at radius 3 is 2.50 bits per heavy atom. The van der Waals surface area contributed by atoms with E-state index in [0.717, 1.165) is 0 Å². The highest BCUT2D eigenvalue weighted by molar-refractivity contribution is 5.69. The van der Waals surface area contributed by atoms with Gasteiger partial charge < -0.3 is 4.74 Å². The molecule has 0 amide bonds. The van der Waals surface area contributed by atoms with Crippen LogP contribution in [0.15, 0.2) is 5.11 Å². The lowest BCUT2D eigenvalue weighted by Gasteiger charge is -2.24. The minimum atomic E-state index is -0.215. The average molecular weight is 227 g/mol. The zero-order chi connectivity index (χ0) is 12.6. The number of ether oxygens (including phenoxy) is 1. The maximum absolute atomic E-state index is 11.4. The van der Waals surface area contributed by atoms with Crippen molar-refractivity contribution in [2.75, 3.05) is 13.2 Å². The van der Waals surface area contributed by atoms with Crippen LogP contribution in [0.3, 0.4) is 0 Å². The molecular formula is C11H21N3O2. The summed E-state index contributed by atoms with van der Waals surface area (Å²) < 4.78 is 4.91. The van der Waals surface area contributed by atoms with Crippen molar-refractivity contribution >= 4 is 5.97 Å². The lowest BCUT2D eigenvalue weighted by Crippen LogP contribution is -2.23. The fourth-order valence-corrected chi connectivity index (χ4v) is 1.54. The summed E-state index contributed by atoms with van der Waals surface area (Å²) in [6, 6.07) is 0. The predicted octanol–water partition coefficient (Wildman–Crippen LogP) is 3.16. The highest BCUT2D eigenvalue weighted by atomic mass is 16.5. The molecule has 0 bridgehead atoms. The van der Waals surface area contributed by atoms with Gasteiger partial charge in [0.15, 0.2) is 0 Å². The van der Waals surface area contributed by atoms with E-state index >= 15 is 0 Å². The number of carbonyl (C=O) groups is 1. The van der Waals surface area contributed by atoms with Gasteiger partial charge in [-0.2, -0.15) is 0 Å². The normalized spacial score (nSPS) is 14.1.